The first kappa shape index (κ1) is 18.5. The lowest BCUT2D eigenvalue weighted by molar-refractivity contribution is 0.309. The summed E-state index contributed by atoms with van der Waals surface area (Å²) in [6.45, 7) is 6.18. The summed E-state index contributed by atoms with van der Waals surface area (Å²) in [6.07, 6.45) is 9.69. The maximum absolute atomic E-state index is 4.48. The smallest absolute Gasteiger partial charge is 0.193 e. The van der Waals surface area contributed by atoms with Crippen LogP contribution in [0.1, 0.15) is 44.9 Å². The highest BCUT2D eigenvalue weighted by atomic mass is 127. The second-order valence-corrected chi connectivity index (χ2v) is 6.65. The zero-order chi connectivity index (χ0) is 15.4. The molecule has 1 spiro atoms. The lowest BCUT2D eigenvalue weighted by atomic mass is 9.86. The van der Waals surface area contributed by atoms with E-state index in [1.165, 1.54) is 38.6 Å². The molecule has 1 saturated heterocycles. The van der Waals surface area contributed by atoms with Crippen molar-refractivity contribution in [3.05, 3.63) is 12.2 Å². The van der Waals surface area contributed by atoms with Crippen LogP contribution in [0.5, 0.6) is 0 Å². The summed E-state index contributed by atoms with van der Waals surface area (Å²) in [5.41, 5.74) is 0.585. The molecule has 1 aliphatic carbocycles. The van der Waals surface area contributed by atoms with Crippen molar-refractivity contribution in [3.63, 3.8) is 0 Å². The van der Waals surface area contributed by atoms with Crippen molar-refractivity contribution in [1.29, 1.82) is 0 Å². The maximum atomic E-state index is 4.48. The third-order valence-electron chi connectivity index (χ3n) is 5.26. The summed E-state index contributed by atoms with van der Waals surface area (Å²) in [5.74, 6) is 2.10. The molecule has 2 aliphatic rings. The molecule has 1 saturated carbocycles. The first-order valence-corrected chi connectivity index (χ1v) is 8.59. The number of halogens is 1. The molecular formula is C16H29IN6. The summed E-state index contributed by atoms with van der Waals surface area (Å²) >= 11 is 0. The second kappa shape index (κ2) is 8.30. The van der Waals surface area contributed by atoms with E-state index < -0.39 is 0 Å². The lowest BCUT2D eigenvalue weighted by Crippen LogP contribution is -2.42. The van der Waals surface area contributed by atoms with Gasteiger partial charge in [0.25, 0.3) is 0 Å². The number of aromatic nitrogens is 3. The minimum atomic E-state index is 0. The van der Waals surface area contributed by atoms with E-state index in [2.05, 4.69) is 36.9 Å². The lowest BCUT2D eigenvalue weighted by Gasteiger charge is -2.26. The van der Waals surface area contributed by atoms with Gasteiger partial charge in [0.15, 0.2) is 5.96 Å². The van der Waals surface area contributed by atoms with Crippen LogP contribution in [0.2, 0.25) is 0 Å². The van der Waals surface area contributed by atoms with Crippen molar-refractivity contribution in [3.8, 4) is 0 Å². The van der Waals surface area contributed by atoms with Gasteiger partial charge >= 0.3 is 0 Å². The molecule has 3 rings (SSSR count). The van der Waals surface area contributed by atoms with Crippen LogP contribution < -0.4 is 5.32 Å². The minimum Gasteiger partial charge on any atom is -0.354 e. The van der Waals surface area contributed by atoms with Crippen LogP contribution >= 0.6 is 24.0 Å². The minimum absolute atomic E-state index is 0. The Labute approximate surface area is 156 Å². The topological polar surface area (TPSA) is 58.3 Å². The molecule has 1 aromatic heterocycles. The maximum Gasteiger partial charge on any atom is 0.193 e. The Morgan fingerprint density at radius 2 is 2.13 bits per heavy atom. The van der Waals surface area contributed by atoms with Crippen molar-refractivity contribution in [2.24, 2.45) is 10.4 Å². The fraction of sp³-hybridized carbons (Fsp3) is 0.812. The number of nitrogens with one attached hydrogen (secondary N) is 1. The number of aliphatic imine (C=N–C) groups is 1. The highest BCUT2D eigenvalue weighted by Gasteiger charge is 2.40. The van der Waals surface area contributed by atoms with E-state index in [1.807, 2.05) is 13.4 Å². The third-order valence-corrected chi connectivity index (χ3v) is 5.26. The van der Waals surface area contributed by atoms with Gasteiger partial charge in [-0.3, -0.25) is 4.99 Å². The molecule has 2 heterocycles. The van der Waals surface area contributed by atoms with E-state index in [9.17, 15) is 0 Å². The van der Waals surface area contributed by atoms with Gasteiger partial charge in [-0.1, -0.05) is 19.8 Å². The molecule has 1 aliphatic heterocycles. The summed E-state index contributed by atoms with van der Waals surface area (Å²) in [7, 11) is 1.89. The SMILES string of the molecule is CCc1nncn1CCNC(=NC)N1CCC2(CCCC2)C1.I. The van der Waals surface area contributed by atoms with Gasteiger partial charge in [-0.05, 0) is 24.7 Å². The van der Waals surface area contributed by atoms with Gasteiger partial charge in [0.05, 0.1) is 0 Å². The van der Waals surface area contributed by atoms with E-state index in [0.717, 1.165) is 37.8 Å². The molecule has 1 N–H and O–H groups in total. The number of hydrogen-bond acceptors (Lipinski definition) is 3. The molecule has 0 atom stereocenters. The fourth-order valence-electron chi connectivity index (χ4n) is 4.01. The Bertz CT molecular complexity index is 520. The Morgan fingerprint density at radius 1 is 1.35 bits per heavy atom. The molecule has 2 fully saturated rings. The Kier molecular flexibility index (Phi) is 6.67. The Balaban J connectivity index is 0.00000192. The number of aryl methyl sites for hydroxylation is 1. The predicted molar refractivity (Wildman–Crippen MR) is 103 cm³/mol. The summed E-state index contributed by atoms with van der Waals surface area (Å²) < 4.78 is 2.11. The average molecular weight is 432 g/mol. The molecule has 0 bridgehead atoms. The third kappa shape index (κ3) is 4.16. The van der Waals surface area contributed by atoms with Gasteiger partial charge in [0.1, 0.15) is 12.2 Å². The van der Waals surface area contributed by atoms with Gasteiger partial charge in [0.2, 0.25) is 0 Å². The molecule has 7 heteroatoms. The molecule has 0 aromatic carbocycles. The number of nitrogens with zero attached hydrogens (tertiary/aromatic N) is 5. The van der Waals surface area contributed by atoms with Gasteiger partial charge in [-0.2, -0.15) is 0 Å². The molecule has 1 aromatic rings. The van der Waals surface area contributed by atoms with Crippen LogP contribution in [0.15, 0.2) is 11.3 Å². The van der Waals surface area contributed by atoms with Gasteiger partial charge in [-0.25, -0.2) is 0 Å². The number of rotatable bonds is 4. The molecule has 0 radical (unpaired) electrons. The van der Waals surface area contributed by atoms with Crippen molar-refractivity contribution >= 4 is 29.9 Å². The van der Waals surface area contributed by atoms with E-state index in [0.29, 0.717) is 5.41 Å². The van der Waals surface area contributed by atoms with Crippen LogP contribution in [0, 0.1) is 5.41 Å². The molecule has 23 heavy (non-hydrogen) atoms. The summed E-state index contributed by atoms with van der Waals surface area (Å²) in [6, 6.07) is 0. The number of hydrogen-bond donors (Lipinski definition) is 1. The largest absolute Gasteiger partial charge is 0.354 e. The summed E-state index contributed by atoms with van der Waals surface area (Å²) in [4.78, 5) is 6.92. The normalized spacial score (nSPS) is 20.1. The van der Waals surface area contributed by atoms with Gasteiger partial charge < -0.3 is 14.8 Å². The zero-order valence-electron chi connectivity index (χ0n) is 14.3. The van der Waals surface area contributed by atoms with E-state index in [1.54, 1.807) is 0 Å². The highest BCUT2D eigenvalue weighted by molar-refractivity contribution is 14.0. The Morgan fingerprint density at radius 3 is 2.83 bits per heavy atom. The predicted octanol–water partition coefficient (Wildman–Crippen LogP) is 2.30. The molecular weight excluding hydrogens is 403 g/mol. The van der Waals surface area contributed by atoms with Gasteiger partial charge in [0, 0.05) is 39.6 Å². The zero-order valence-corrected chi connectivity index (χ0v) is 16.6. The van der Waals surface area contributed by atoms with Crippen LogP contribution in [-0.4, -0.2) is 52.3 Å². The van der Waals surface area contributed by atoms with Crippen LogP contribution in [0.25, 0.3) is 0 Å². The van der Waals surface area contributed by atoms with Crippen molar-refractivity contribution in [1.82, 2.24) is 25.0 Å². The first-order chi connectivity index (χ1) is 10.8. The molecule has 0 amide bonds. The quantitative estimate of drug-likeness (QED) is 0.451. The standard InChI is InChI=1S/C16H28N6.HI/c1-3-14-20-19-13-22(14)11-9-18-15(17-2)21-10-8-16(12-21)6-4-5-7-16;/h13H,3-12H2,1-2H3,(H,17,18);1H. The number of likely N-dealkylation sites (tertiary alicyclic amines) is 1. The van der Waals surface area contributed by atoms with Gasteiger partial charge in [-0.15, -0.1) is 34.2 Å². The number of guanidine groups is 1. The summed E-state index contributed by atoms with van der Waals surface area (Å²) in [5, 5.41) is 11.6. The van der Waals surface area contributed by atoms with Crippen molar-refractivity contribution in [2.45, 2.75) is 52.0 Å². The molecule has 6 nitrogen and oxygen atoms in total. The molecule has 0 unspecified atom stereocenters. The highest BCUT2D eigenvalue weighted by Crippen LogP contribution is 2.45. The van der Waals surface area contributed by atoms with Crippen molar-refractivity contribution < 1.29 is 0 Å². The van der Waals surface area contributed by atoms with E-state index in [4.69, 9.17) is 0 Å². The van der Waals surface area contributed by atoms with Crippen LogP contribution in [0.4, 0.5) is 0 Å². The van der Waals surface area contributed by atoms with Crippen LogP contribution in [-0.2, 0) is 13.0 Å². The fourth-order valence-corrected chi connectivity index (χ4v) is 4.01. The molecule has 130 valence electrons. The second-order valence-electron chi connectivity index (χ2n) is 6.65. The van der Waals surface area contributed by atoms with Crippen LogP contribution in [0.3, 0.4) is 0 Å². The monoisotopic (exact) mass is 432 g/mol. The van der Waals surface area contributed by atoms with E-state index >= 15 is 0 Å². The Hall–Kier alpha value is -0.860. The van der Waals surface area contributed by atoms with E-state index in [-0.39, 0.29) is 24.0 Å². The van der Waals surface area contributed by atoms with Crippen molar-refractivity contribution in [2.75, 3.05) is 26.7 Å². The first-order valence-electron chi connectivity index (χ1n) is 8.59. The average Bonchev–Trinajstić information content (AvgIpc) is 3.26.